The molecule has 0 unspecified atom stereocenters. The number of halogens is 1. The third-order valence-electron chi connectivity index (χ3n) is 5.63. The molecule has 30 heavy (non-hydrogen) atoms. The molecule has 2 aromatic carbocycles. The molecule has 1 aliphatic heterocycles. The van der Waals surface area contributed by atoms with Crippen LogP contribution in [0.15, 0.2) is 64.4 Å². The zero-order chi connectivity index (χ0) is 20.7. The highest BCUT2D eigenvalue weighted by Gasteiger charge is 2.38. The number of methoxy groups -OCH3 is 1. The lowest BCUT2D eigenvalue weighted by molar-refractivity contribution is -0.116. The lowest BCUT2D eigenvalue weighted by atomic mass is 9.78. The average Bonchev–Trinajstić information content (AvgIpc) is 3.13. The topological polar surface area (TPSA) is 89.3 Å². The van der Waals surface area contributed by atoms with E-state index >= 15 is 0 Å². The van der Waals surface area contributed by atoms with Crippen molar-refractivity contribution in [2.45, 2.75) is 24.8 Å². The van der Waals surface area contributed by atoms with Crippen molar-refractivity contribution in [1.82, 2.24) is 10.3 Å². The first-order valence-electron chi connectivity index (χ1n) is 9.64. The summed E-state index contributed by atoms with van der Waals surface area (Å²) in [6.07, 6.45) is 0.904. The summed E-state index contributed by atoms with van der Waals surface area (Å²) in [5.41, 5.74) is 3.11. The molecule has 2 N–H and O–H groups in total. The molecule has 2 atom stereocenters. The minimum Gasteiger partial charge on any atom is -0.496 e. The van der Waals surface area contributed by atoms with Crippen LogP contribution in [-0.4, -0.2) is 23.2 Å². The van der Waals surface area contributed by atoms with Crippen molar-refractivity contribution in [2.24, 2.45) is 0 Å². The highest BCUT2D eigenvalue weighted by atomic mass is 19.1. The number of nitrogens with one attached hydrogen (secondary N) is 2. The monoisotopic (exact) mass is 406 g/mol. The number of para-hydroxylation sites is 1. The highest BCUT2D eigenvalue weighted by Crippen LogP contribution is 2.44. The maximum atomic E-state index is 13.4. The van der Waals surface area contributed by atoms with Gasteiger partial charge in [0.05, 0.1) is 13.2 Å². The molecule has 0 saturated carbocycles. The number of fused-ring (bicyclic) bond motifs is 1. The summed E-state index contributed by atoms with van der Waals surface area (Å²) in [6.45, 7) is 0. The van der Waals surface area contributed by atoms with E-state index in [1.165, 1.54) is 12.1 Å². The number of hydrogen-bond acceptors (Lipinski definition) is 7. The minimum absolute atomic E-state index is 0.00331. The lowest BCUT2D eigenvalue weighted by Gasteiger charge is -2.30. The van der Waals surface area contributed by atoms with E-state index in [4.69, 9.17) is 9.37 Å². The summed E-state index contributed by atoms with van der Waals surface area (Å²) in [5, 5.41) is 14.4. The van der Waals surface area contributed by atoms with E-state index in [0.717, 1.165) is 16.8 Å². The first-order valence-corrected chi connectivity index (χ1v) is 9.64. The van der Waals surface area contributed by atoms with Crippen LogP contribution in [0.1, 0.15) is 35.9 Å². The van der Waals surface area contributed by atoms with Crippen LogP contribution in [0.4, 0.5) is 16.0 Å². The van der Waals surface area contributed by atoms with Gasteiger partial charge in [0.15, 0.2) is 5.78 Å². The van der Waals surface area contributed by atoms with E-state index in [1.807, 2.05) is 24.3 Å². The summed E-state index contributed by atoms with van der Waals surface area (Å²) in [5.74, 6) is 1.15. The fraction of sp³-hybridized carbons (Fsp3) is 0.227. The lowest BCUT2D eigenvalue weighted by Crippen LogP contribution is -2.27. The second-order valence-corrected chi connectivity index (χ2v) is 7.38. The van der Waals surface area contributed by atoms with E-state index in [1.54, 1.807) is 19.2 Å². The molecular weight excluding hydrogens is 387 g/mol. The number of nitrogens with zero attached hydrogens (tertiary/aromatic N) is 2. The normalized spacial score (nSPS) is 20.5. The van der Waals surface area contributed by atoms with Gasteiger partial charge in [-0.3, -0.25) is 4.79 Å². The Kier molecular flexibility index (Phi) is 4.46. The van der Waals surface area contributed by atoms with Crippen molar-refractivity contribution >= 4 is 17.4 Å². The SMILES string of the molecule is COc1ccccc1[C@H]1Nc2nonc2NC2=C1C(=O)C[C@@H](c1ccc(F)cc1)C2. The van der Waals surface area contributed by atoms with Crippen molar-refractivity contribution in [3.8, 4) is 5.75 Å². The van der Waals surface area contributed by atoms with E-state index in [2.05, 4.69) is 20.9 Å². The molecule has 0 bridgehead atoms. The maximum Gasteiger partial charge on any atom is 0.219 e. The Bertz CT molecular complexity index is 1140. The van der Waals surface area contributed by atoms with Crippen molar-refractivity contribution in [1.29, 1.82) is 0 Å². The molecule has 8 heteroatoms. The third kappa shape index (κ3) is 3.10. The molecular formula is C22H19FN4O3. The first kappa shape index (κ1) is 18.4. The Labute approximate surface area is 171 Å². The molecule has 2 heterocycles. The number of ketones is 1. The number of Topliss-reactive ketones (excluding diaryl/α,β-unsaturated/α-hetero) is 1. The van der Waals surface area contributed by atoms with Crippen molar-refractivity contribution < 1.29 is 18.6 Å². The molecule has 0 amide bonds. The van der Waals surface area contributed by atoms with Gasteiger partial charge in [0, 0.05) is 23.3 Å². The fourth-order valence-corrected chi connectivity index (χ4v) is 4.21. The van der Waals surface area contributed by atoms with Crippen LogP contribution in [-0.2, 0) is 4.79 Å². The molecule has 3 aromatic rings. The maximum absolute atomic E-state index is 13.4. The van der Waals surface area contributed by atoms with Gasteiger partial charge in [-0.15, -0.1) is 0 Å². The predicted molar refractivity (Wildman–Crippen MR) is 108 cm³/mol. The van der Waals surface area contributed by atoms with Gasteiger partial charge in [0.25, 0.3) is 0 Å². The smallest absolute Gasteiger partial charge is 0.219 e. The standard InChI is InChI=1S/C22H19FN4O3/c1-29-18-5-3-2-4-15(18)20-19-16(24-21-22(25-20)27-30-26-21)10-13(11-17(19)28)12-6-8-14(23)9-7-12/h2-9,13,20H,10-11H2,1H3,(H,24,26)(H,25,27)/t13-,20+/m0/s1. The molecule has 0 saturated heterocycles. The average molecular weight is 406 g/mol. The number of carbonyl (C=O) groups excluding carboxylic acids is 1. The van der Waals surface area contributed by atoms with Gasteiger partial charge in [-0.25, -0.2) is 9.02 Å². The molecule has 7 nitrogen and oxygen atoms in total. The number of benzene rings is 2. The summed E-state index contributed by atoms with van der Waals surface area (Å²) in [7, 11) is 1.60. The molecule has 152 valence electrons. The first-order chi connectivity index (χ1) is 14.6. The van der Waals surface area contributed by atoms with Crippen molar-refractivity contribution in [3.63, 3.8) is 0 Å². The largest absolute Gasteiger partial charge is 0.496 e. The van der Waals surface area contributed by atoms with E-state index < -0.39 is 6.04 Å². The number of allylic oxidation sites excluding steroid dienone is 1. The molecule has 0 radical (unpaired) electrons. The van der Waals surface area contributed by atoms with Gasteiger partial charge < -0.3 is 15.4 Å². The summed E-state index contributed by atoms with van der Waals surface area (Å²) < 4.78 is 23.8. The van der Waals surface area contributed by atoms with Crippen LogP contribution in [0.25, 0.3) is 0 Å². The Hall–Kier alpha value is -3.68. The third-order valence-corrected chi connectivity index (χ3v) is 5.63. The van der Waals surface area contributed by atoms with Crippen LogP contribution in [0.3, 0.4) is 0 Å². The van der Waals surface area contributed by atoms with Gasteiger partial charge in [-0.1, -0.05) is 30.3 Å². The Morgan fingerprint density at radius 3 is 2.63 bits per heavy atom. The second kappa shape index (κ2) is 7.29. The van der Waals surface area contributed by atoms with E-state index in [9.17, 15) is 9.18 Å². The van der Waals surface area contributed by atoms with Crippen molar-refractivity contribution in [3.05, 3.63) is 76.7 Å². The zero-order valence-electron chi connectivity index (χ0n) is 16.2. The summed E-state index contributed by atoms with van der Waals surface area (Å²) in [4.78, 5) is 13.4. The van der Waals surface area contributed by atoms with E-state index in [0.29, 0.717) is 35.8 Å². The number of hydrogen-bond donors (Lipinski definition) is 2. The van der Waals surface area contributed by atoms with Gasteiger partial charge in [-0.05, 0) is 46.4 Å². The number of ether oxygens (including phenoxy) is 1. The quantitative estimate of drug-likeness (QED) is 0.674. The minimum atomic E-state index is -0.474. The van der Waals surface area contributed by atoms with Gasteiger partial charge in [0.2, 0.25) is 11.6 Å². The Balaban J connectivity index is 1.61. The van der Waals surface area contributed by atoms with Gasteiger partial charge >= 0.3 is 0 Å². The fourth-order valence-electron chi connectivity index (χ4n) is 4.21. The van der Waals surface area contributed by atoms with Crippen LogP contribution < -0.4 is 15.4 Å². The summed E-state index contributed by atoms with van der Waals surface area (Å²) in [6, 6.07) is 13.4. The molecule has 2 aliphatic rings. The van der Waals surface area contributed by atoms with Crippen LogP contribution in [0.2, 0.25) is 0 Å². The number of aromatic nitrogens is 2. The van der Waals surface area contributed by atoms with Crippen LogP contribution in [0.5, 0.6) is 5.75 Å². The van der Waals surface area contributed by atoms with Crippen molar-refractivity contribution in [2.75, 3.05) is 17.7 Å². The van der Waals surface area contributed by atoms with E-state index in [-0.39, 0.29) is 17.5 Å². The zero-order valence-corrected chi connectivity index (χ0v) is 16.2. The Morgan fingerprint density at radius 1 is 1.07 bits per heavy atom. The number of rotatable bonds is 3. The van der Waals surface area contributed by atoms with Crippen LogP contribution >= 0.6 is 0 Å². The molecule has 5 rings (SSSR count). The number of anilines is 2. The highest BCUT2D eigenvalue weighted by molar-refractivity contribution is 6.01. The molecule has 1 aromatic heterocycles. The summed E-state index contributed by atoms with van der Waals surface area (Å²) >= 11 is 0. The Morgan fingerprint density at radius 2 is 1.83 bits per heavy atom. The van der Waals surface area contributed by atoms with Crippen LogP contribution in [0, 0.1) is 5.82 Å². The molecule has 0 fully saturated rings. The van der Waals surface area contributed by atoms with Gasteiger partial charge in [-0.2, -0.15) is 0 Å². The number of carbonyl (C=O) groups is 1. The molecule has 1 aliphatic carbocycles. The second-order valence-electron chi connectivity index (χ2n) is 7.38. The molecule has 0 spiro atoms. The van der Waals surface area contributed by atoms with Gasteiger partial charge in [0.1, 0.15) is 11.6 Å². The predicted octanol–water partition coefficient (Wildman–Crippen LogP) is 4.20.